The molecule has 0 saturated heterocycles. The fourth-order valence-corrected chi connectivity index (χ4v) is 4.04. The minimum Gasteiger partial charge on any atom is -0.423 e. The van der Waals surface area contributed by atoms with Crippen molar-refractivity contribution in [1.82, 2.24) is 10.3 Å². The van der Waals surface area contributed by atoms with Crippen molar-refractivity contribution in [3.05, 3.63) is 77.6 Å². The molecule has 0 aliphatic heterocycles. The molecular formula is C21H21BN2O5S. The van der Waals surface area contributed by atoms with Gasteiger partial charge < -0.3 is 15.4 Å². The molecule has 2 aromatic carbocycles. The Morgan fingerprint density at radius 1 is 1.07 bits per heavy atom. The Bertz CT molecular complexity index is 1200. The highest BCUT2D eigenvalue weighted by Gasteiger charge is 2.15. The van der Waals surface area contributed by atoms with E-state index in [9.17, 15) is 23.3 Å². The highest BCUT2D eigenvalue weighted by molar-refractivity contribution is 7.90. The second-order valence-corrected chi connectivity index (χ2v) is 8.95. The number of hydrogen-bond donors (Lipinski definition) is 3. The second-order valence-electron chi connectivity index (χ2n) is 6.97. The molecule has 3 N–H and O–H groups in total. The van der Waals surface area contributed by atoms with Crippen molar-refractivity contribution in [2.24, 2.45) is 0 Å². The molecule has 3 rings (SSSR count). The number of pyridine rings is 1. The number of hydrogen-bond acceptors (Lipinski definition) is 6. The lowest BCUT2D eigenvalue weighted by atomic mass is 9.79. The average Bonchev–Trinajstić information content (AvgIpc) is 2.72. The summed E-state index contributed by atoms with van der Waals surface area (Å²) in [7, 11) is -4.99. The van der Waals surface area contributed by atoms with Gasteiger partial charge in [-0.05, 0) is 53.3 Å². The lowest BCUT2D eigenvalue weighted by Crippen LogP contribution is -2.29. The van der Waals surface area contributed by atoms with E-state index in [-0.39, 0.29) is 17.0 Å². The molecular weight excluding hydrogens is 403 g/mol. The molecule has 0 saturated carbocycles. The Balaban J connectivity index is 1.76. The summed E-state index contributed by atoms with van der Waals surface area (Å²) in [5.74, 6) is -0.405. The molecule has 30 heavy (non-hydrogen) atoms. The highest BCUT2D eigenvalue weighted by Crippen LogP contribution is 2.19. The highest BCUT2D eigenvalue weighted by atomic mass is 32.2. The normalized spacial score (nSPS) is 11.2. The van der Waals surface area contributed by atoms with Gasteiger partial charge in [-0.3, -0.25) is 9.78 Å². The van der Waals surface area contributed by atoms with Gasteiger partial charge in [-0.25, -0.2) is 8.42 Å². The first-order chi connectivity index (χ1) is 14.1. The van der Waals surface area contributed by atoms with Gasteiger partial charge in [0.1, 0.15) is 0 Å². The van der Waals surface area contributed by atoms with Crippen LogP contribution in [0.3, 0.4) is 0 Å². The van der Waals surface area contributed by atoms with Crippen LogP contribution in [0, 0.1) is 6.92 Å². The Kier molecular flexibility index (Phi) is 6.35. The van der Waals surface area contributed by atoms with Gasteiger partial charge >= 0.3 is 7.12 Å². The maximum Gasteiger partial charge on any atom is 0.488 e. The van der Waals surface area contributed by atoms with E-state index in [0.717, 1.165) is 17.4 Å². The summed E-state index contributed by atoms with van der Waals surface area (Å²) in [5, 5.41) is 21.4. The van der Waals surface area contributed by atoms with Gasteiger partial charge in [0, 0.05) is 18.0 Å². The monoisotopic (exact) mass is 424 g/mol. The topological polar surface area (TPSA) is 117 Å². The molecule has 0 aliphatic rings. The number of nitrogens with one attached hydrogen (secondary N) is 1. The quantitative estimate of drug-likeness (QED) is 0.510. The smallest absolute Gasteiger partial charge is 0.423 e. The van der Waals surface area contributed by atoms with Crippen molar-refractivity contribution in [3.8, 4) is 11.1 Å². The number of carbonyl (C=O) groups is 1. The van der Waals surface area contributed by atoms with Crippen molar-refractivity contribution in [3.63, 3.8) is 0 Å². The SMILES string of the molecule is Cc1ccc(C(=O)NCc2cc(-c3cccc(B(O)O)c3)ccn2)cc1S(C)(=O)=O. The Morgan fingerprint density at radius 2 is 1.80 bits per heavy atom. The van der Waals surface area contributed by atoms with Crippen molar-refractivity contribution in [2.45, 2.75) is 18.4 Å². The fraction of sp³-hybridized carbons (Fsp3) is 0.143. The van der Waals surface area contributed by atoms with Crippen molar-refractivity contribution in [1.29, 1.82) is 0 Å². The van der Waals surface area contributed by atoms with E-state index in [1.165, 1.54) is 6.07 Å². The number of carbonyl (C=O) groups excluding carboxylic acids is 1. The minimum atomic E-state index is -3.43. The van der Waals surface area contributed by atoms with Gasteiger partial charge in [0.15, 0.2) is 9.84 Å². The summed E-state index contributed by atoms with van der Waals surface area (Å²) in [6.07, 6.45) is 2.71. The van der Waals surface area contributed by atoms with E-state index in [4.69, 9.17) is 0 Å². The third kappa shape index (κ3) is 5.12. The molecule has 0 atom stereocenters. The van der Waals surface area contributed by atoms with Gasteiger partial charge in [-0.2, -0.15) is 0 Å². The first-order valence-corrected chi connectivity index (χ1v) is 11.0. The van der Waals surface area contributed by atoms with Crippen LogP contribution in [0.2, 0.25) is 0 Å². The van der Waals surface area contributed by atoms with Crippen LogP contribution in [0.15, 0.2) is 65.7 Å². The average molecular weight is 424 g/mol. The zero-order chi connectivity index (χ0) is 21.9. The molecule has 3 aromatic rings. The number of aromatic nitrogens is 1. The summed E-state index contributed by atoms with van der Waals surface area (Å²) in [6.45, 7) is 1.83. The van der Waals surface area contributed by atoms with E-state index in [0.29, 0.717) is 16.7 Å². The summed E-state index contributed by atoms with van der Waals surface area (Å²) >= 11 is 0. The maximum absolute atomic E-state index is 12.5. The van der Waals surface area contributed by atoms with E-state index < -0.39 is 22.9 Å². The molecule has 7 nitrogen and oxygen atoms in total. The van der Waals surface area contributed by atoms with Crippen LogP contribution in [-0.2, 0) is 16.4 Å². The summed E-state index contributed by atoms with van der Waals surface area (Å²) in [5.41, 5.74) is 3.41. The largest absolute Gasteiger partial charge is 0.488 e. The number of nitrogens with zero attached hydrogens (tertiary/aromatic N) is 1. The molecule has 0 unspecified atom stereocenters. The molecule has 0 bridgehead atoms. The standard InChI is InChI=1S/C21H21BN2O5S/c1-14-6-7-17(12-20(14)30(2,28)29)21(25)24-13-19-11-16(8-9-23-19)15-4-3-5-18(10-15)22(26)27/h3-12,26-27H,13H2,1-2H3,(H,24,25). The number of sulfone groups is 1. The first kappa shape index (κ1) is 21.7. The Labute approximate surface area is 175 Å². The molecule has 0 radical (unpaired) electrons. The van der Waals surface area contributed by atoms with Crippen LogP contribution in [0.25, 0.3) is 11.1 Å². The third-order valence-electron chi connectivity index (χ3n) is 4.61. The minimum absolute atomic E-state index is 0.126. The van der Waals surface area contributed by atoms with Crippen molar-refractivity contribution in [2.75, 3.05) is 6.26 Å². The van der Waals surface area contributed by atoms with Crippen LogP contribution < -0.4 is 10.8 Å². The van der Waals surface area contributed by atoms with Crippen LogP contribution in [0.1, 0.15) is 21.6 Å². The predicted molar refractivity (Wildman–Crippen MR) is 115 cm³/mol. The van der Waals surface area contributed by atoms with Gasteiger partial charge in [0.2, 0.25) is 0 Å². The Hall–Kier alpha value is -3.01. The molecule has 1 amide bonds. The number of amides is 1. The molecule has 1 heterocycles. The van der Waals surface area contributed by atoms with Gasteiger partial charge in [-0.1, -0.05) is 30.3 Å². The van der Waals surface area contributed by atoms with E-state index in [1.807, 2.05) is 6.07 Å². The van der Waals surface area contributed by atoms with Crippen LogP contribution in [0.4, 0.5) is 0 Å². The number of benzene rings is 2. The van der Waals surface area contributed by atoms with E-state index in [2.05, 4.69) is 10.3 Å². The van der Waals surface area contributed by atoms with Gasteiger partial charge in [0.05, 0.1) is 17.1 Å². The molecule has 1 aromatic heterocycles. The molecule has 154 valence electrons. The summed E-state index contributed by atoms with van der Waals surface area (Å²) < 4.78 is 23.7. The number of rotatable bonds is 6. The second kappa shape index (κ2) is 8.79. The summed E-state index contributed by atoms with van der Waals surface area (Å²) in [4.78, 5) is 16.9. The first-order valence-electron chi connectivity index (χ1n) is 9.15. The lowest BCUT2D eigenvalue weighted by molar-refractivity contribution is 0.0950. The maximum atomic E-state index is 12.5. The van der Waals surface area contributed by atoms with E-state index >= 15 is 0 Å². The zero-order valence-corrected chi connectivity index (χ0v) is 17.3. The van der Waals surface area contributed by atoms with Crippen LogP contribution >= 0.6 is 0 Å². The van der Waals surface area contributed by atoms with Crippen LogP contribution in [-0.4, -0.2) is 42.7 Å². The molecule has 0 fully saturated rings. The fourth-order valence-electron chi connectivity index (χ4n) is 3.05. The number of aryl methyl sites for hydroxylation is 1. The molecule has 9 heteroatoms. The lowest BCUT2D eigenvalue weighted by Gasteiger charge is -2.10. The van der Waals surface area contributed by atoms with Crippen molar-refractivity contribution < 1.29 is 23.3 Å². The third-order valence-corrected chi connectivity index (χ3v) is 5.85. The zero-order valence-electron chi connectivity index (χ0n) is 16.5. The summed E-state index contributed by atoms with van der Waals surface area (Å²) in [6, 6.07) is 15.0. The Morgan fingerprint density at radius 3 is 2.50 bits per heavy atom. The van der Waals surface area contributed by atoms with Gasteiger partial charge in [0.25, 0.3) is 5.91 Å². The van der Waals surface area contributed by atoms with E-state index in [1.54, 1.807) is 55.6 Å². The molecule has 0 aliphatic carbocycles. The van der Waals surface area contributed by atoms with Crippen molar-refractivity contribution >= 4 is 28.3 Å². The molecule has 0 spiro atoms. The predicted octanol–water partition coefficient (Wildman–Crippen LogP) is 1.07. The van der Waals surface area contributed by atoms with Crippen LogP contribution in [0.5, 0.6) is 0 Å². The van der Waals surface area contributed by atoms with Gasteiger partial charge in [-0.15, -0.1) is 0 Å².